The number of hydrogen-bond acceptors (Lipinski definition) is 8. The minimum absolute atomic E-state index is 0.217. The van der Waals surface area contributed by atoms with Gasteiger partial charge in [-0.2, -0.15) is 4.37 Å². The summed E-state index contributed by atoms with van der Waals surface area (Å²) in [6.45, 7) is 5.22. The fourth-order valence-electron chi connectivity index (χ4n) is 3.91. The highest BCUT2D eigenvalue weighted by Gasteiger charge is 2.38. The maximum Gasteiger partial charge on any atom is 0.246 e. The van der Waals surface area contributed by atoms with Gasteiger partial charge in [-0.1, -0.05) is 6.07 Å². The Morgan fingerprint density at radius 1 is 1.36 bits per heavy atom. The van der Waals surface area contributed by atoms with Gasteiger partial charge in [0.2, 0.25) is 12.7 Å². The lowest BCUT2D eigenvalue weighted by molar-refractivity contribution is 0.173. The number of benzene rings is 1. The largest absolute Gasteiger partial charge is 0.454 e. The van der Waals surface area contributed by atoms with E-state index in [0.29, 0.717) is 18.4 Å². The van der Waals surface area contributed by atoms with Gasteiger partial charge >= 0.3 is 0 Å². The van der Waals surface area contributed by atoms with E-state index >= 15 is 0 Å². The summed E-state index contributed by atoms with van der Waals surface area (Å²) in [5, 5.41) is 8.20. The van der Waals surface area contributed by atoms with Crippen LogP contribution in [-0.2, 0) is 12.1 Å². The monoisotopic (exact) mass is 398 g/mol. The Labute approximate surface area is 167 Å². The van der Waals surface area contributed by atoms with E-state index in [2.05, 4.69) is 44.0 Å². The number of hydrogen-bond donors (Lipinski definition) is 2. The van der Waals surface area contributed by atoms with Crippen molar-refractivity contribution in [3.8, 4) is 17.4 Å². The number of nitrogens with zero attached hydrogens (tertiary/aromatic N) is 4. The molecular formula is C19H22N6O2S. The lowest BCUT2D eigenvalue weighted by atomic mass is 9.78. The number of fused-ring (bicyclic) bond motifs is 1. The molecule has 3 aromatic rings. The Morgan fingerprint density at radius 3 is 3.11 bits per heavy atom. The summed E-state index contributed by atoms with van der Waals surface area (Å²) < 4.78 is 17.3. The lowest BCUT2D eigenvalue weighted by Gasteiger charge is -2.37. The summed E-state index contributed by atoms with van der Waals surface area (Å²) in [7, 11) is 0. The molecule has 0 radical (unpaired) electrons. The molecule has 146 valence electrons. The average Bonchev–Trinajstić information content (AvgIpc) is 3.50. The van der Waals surface area contributed by atoms with Gasteiger partial charge in [-0.25, -0.2) is 9.97 Å². The summed E-state index contributed by atoms with van der Waals surface area (Å²) in [4.78, 5) is 8.70. The lowest BCUT2D eigenvalue weighted by Crippen LogP contribution is -2.46. The molecule has 0 amide bonds. The average molecular weight is 398 g/mol. The zero-order valence-electron chi connectivity index (χ0n) is 15.6. The molecule has 2 N–H and O–H groups in total. The molecule has 2 aliphatic rings. The first-order valence-electron chi connectivity index (χ1n) is 9.39. The molecule has 28 heavy (non-hydrogen) atoms. The molecule has 1 aromatic carbocycles. The van der Waals surface area contributed by atoms with Crippen LogP contribution in [0.2, 0.25) is 0 Å². The molecule has 2 aromatic heterocycles. The van der Waals surface area contributed by atoms with Gasteiger partial charge < -0.3 is 20.1 Å². The molecule has 1 fully saturated rings. The smallest absolute Gasteiger partial charge is 0.246 e. The van der Waals surface area contributed by atoms with E-state index in [-0.39, 0.29) is 12.3 Å². The maximum absolute atomic E-state index is 5.61. The topological polar surface area (TPSA) is 86.1 Å². The third-order valence-corrected chi connectivity index (χ3v) is 6.35. The SMILES string of the molecule is CC(NCc1nc(-n2ccnc2)ns1)(c1ccc2c(c1)OCO2)C1CCNC1. The quantitative estimate of drug-likeness (QED) is 0.657. The first-order valence-corrected chi connectivity index (χ1v) is 10.2. The van der Waals surface area contributed by atoms with Crippen LogP contribution >= 0.6 is 11.5 Å². The molecule has 0 spiro atoms. The van der Waals surface area contributed by atoms with Crippen molar-refractivity contribution >= 4 is 11.5 Å². The number of aromatic nitrogens is 4. The molecule has 2 atom stereocenters. The maximum atomic E-state index is 5.61. The van der Waals surface area contributed by atoms with Crippen molar-refractivity contribution in [3.05, 3.63) is 47.5 Å². The Kier molecular flexibility index (Phi) is 4.50. The fourth-order valence-corrected chi connectivity index (χ4v) is 4.49. The van der Waals surface area contributed by atoms with Gasteiger partial charge in [0.15, 0.2) is 11.5 Å². The van der Waals surface area contributed by atoms with Crippen LogP contribution in [-0.4, -0.2) is 38.8 Å². The normalized spacial score (nSPS) is 20.4. The highest BCUT2D eigenvalue weighted by Crippen LogP contribution is 2.40. The van der Waals surface area contributed by atoms with Crippen LogP contribution in [0.1, 0.15) is 23.9 Å². The van der Waals surface area contributed by atoms with E-state index < -0.39 is 0 Å². The van der Waals surface area contributed by atoms with Crippen LogP contribution in [0.25, 0.3) is 5.95 Å². The van der Waals surface area contributed by atoms with E-state index in [1.165, 1.54) is 17.1 Å². The summed E-state index contributed by atoms with van der Waals surface area (Å²) in [6.07, 6.45) is 6.40. The van der Waals surface area contributed by atoms with Crippen molar-refractivity contribution in [1.29, 1.82) is 0 Å². The van der Waals surface area contributed by atoms with Crippen molar-refractivity contribution < 1.29 is 9.47 Å². The van der Waals surface area contributed by atoms with E-state index in [1.807, 2.05) is 16.8 Å². The predicted molar refractivity (Wildman–Crippen MR) is 105 cm³/mol. The standard InChI is InChI=1S/C19H22N6O2S/c1-19(14-4-5-20-9-14,13-2-3-15-16(8-13)27-12-26-15)22-10-17-23-18(24-28-17)25-7-6-21-11-25/h2-3,6-8,11,14,20,22H,4-5,9-10,12H2,1H3. The van der Waals surface area contributed by atoms with Crippen LogP contribution in [0.4, 0.5) is 0 Å². The van der Waals surface area contributed by atoms with Crippen molar-refractivity contribution in [2.45, 2.75) is 25.4 Å². The third-order valence-electron chi connectivity index (χ3n) is 5.65. The number of ether oxygens (including phenoxy) is 2. The minimum Gasteiger partial charge on any atom is -0.454 e. The summed E-state index contributed by atoms with van der Waals surface area (Å²) in [5.41, 5.74) is 0.982. The third kappa shape index (κ3) is 3.15. The molecule has 2 unspecified atom stereocenters. The zero-order valence-corrected chi connectivity index (χ0v) is 16.4. The molecule has 0 bridgehead atoms. The van der Waals surface area contributed by atoms with E-state index in [4.69, 9.17) is 9.47 Å². The number of imidazole rings is 1. The van der Waals surface area contributed by atoms with Crippen molar-refractivity contribution in [3.63, 3.8) is 0 Å². The fraction of sp³-hybridized carbons (Fsp3) is 0.421. The Balaban J connectivity index is 1.39. The Bertz CT molecular complexity index is 953. The van der Waals surface area contributed by atoms with Crippen molar-refractivity contribution in [2.75, 3.05) is 19.9 Å². The van der Waals surface area contributed by atoms with Gasteiger partial charge in [0.05, 0.1) is 6.54 Å². The van der Waals surface area contributed by atoms with Crippen molar-refractivity contribution in [1.82, 2.24) is 29.5 Å². The van der Waals surface area contributed by atoms with Gasteiger partial charge in [-0.3, -0.25) is 4.57 Å². The molecular weight excluding hydrogens is 376 g/mol. The van der Waals surface area contributed by atoms with E-state index in [0.717, 1.165) is 36.0 Å². The van der Waals surface area contributed by atoms with Crippen LogP contribution in [0.5, 0.6) is 11.5 Å². The Morgan fingerprint density at radius 2 is 2.29 bits per heavy atom. The van der Waals surface area contributed by atoms with E-state index in [1.54, 1.807) is 12.5 Å². The summed E-state index contributed by atoms with van der Waals surface area (Å²) in [6, 6.07) is 6.24. The van der Waals surface area contributed by atoms with Gasteiger partial charge in [-0.15, -0.1) is 0 Å². The minimum atomic E-state index is -0.217. The van der Waals surface area contributed by atoms with Gasteiger partial charge in [-0.05, 0) is 55.0 Å². The molecule has 4 heterocycles. The van der Waals surface area contributed by atoms with Gasteiger partial charge in [0, 0.05) is 24.5 Å². The van der Waals surface area contributed by atoms with Crippen LogP contribution < -0.4 is 20.1 Å². The van der Waals surface area contributed by atoms with Crippen LogP contribution in [0.15, 0.2) is 36.9 Å². The molecule has 9 heteroatoms. The van der Waals surface area contributed by atoms with Crippen molar-refractivity contribution in [2.24, 2.45) is 5.92 Å². The predicted octanol–water partition coefficient (Wildman–Crippen LogP) is 2.07. The Hall–Kier alpha value is -2.49. The van der Waals surface area contributed by atoms with Gasteiger partial charge in [0.1, 0.15) is 11.3 Å². The highest BCUT2D eigenvalue weighted by atomic mass is 32.1. The first kappa shape index (κ1) is 17.6. The molecule has 8 nitrogen and oxygen atoms in total. The zero-order chi connectivity index (χ0) is 19.0. The molecule has 2 aliphatic heterocycles. The van der Waals surface area contributed by atoms with E-state index in [9.17, 15) is 0 Å². The second-order valence-corrected chi connectivity index (χ2v) is 8.11. The van der Waals surface area contributed by atoms with Crippen LogP contribution in [0.3, 0.4) is 0 Å². The first-order chi connectivity index (χ1) is 13.7. The van der Waals surface area contributed by atoms with Crippen LogP contribution in [0, 0.1) is 5.92 Å². The number of nitrogens with one attached hydrogen (secondary N) is 2. The molecule has 0 aliphatic carbocycles. The highest BCUT2D eigenvalue weighted by molar-refractivity contribution is 7.05. The van der Waals surface area contributed by atoms with Gasteiger partial charge in [0.25, 0.3) is 0 Å². The molecule has 0 saturated carbocycles. The summed E-state index contributed by atoms with van der Waals surface area (Å²) >= 11 is 1.41. The number of rotatable bonds is 6. The molecule has 1 saturated heterocycles. The second kappa shape index (κ2) is 7.16. The molecule has 5 rings (SSSR count). The second-order valence-electron chi connectivity index (χ2n) is 7.27. The summed E-state index contributed by atoms with van der Waals surface area (Å²) in [5.74, 6) is 2.75.